The molecule has 0 spiro atoms. The van der Waals surface area contributed by atoms with Crippen molar-refractivity contribution in [2.45, 2.75) is 23.7 Å². The first kappa shape index (κ1) is 18.1. The molecule has 6 heteroatoms. The van der Waals surface area contributed by atoms with Crippen LogP contribution >= 0.6 is 11.8 Å². The predicted octanol–water partition coefficient (Wildman–Crippen LogP) is 4.37. The Balaban J connectivity index is 1.29. The van der Waals surface area contributed by atoms with Gasteiger partial charge in [-0.3, -0.25) is 9.69 Å². The van der Waals surface area contributed by atoms with Crippen molar-refractivity contribution in [3.8, 4) is 0 Å². The maximum Gasteiger partial charge on any atom is 0.238 e. The number of thioether (sulfide) groups is 1. The van der Waals surface area contributed by atoms with Crippen molar-refractivity contribution in [1.29, 1.82) is 0 Å². The third kappa shape index (κ3) is 4.34. The highest BCUT2D eigenvalue weighted by molar-refractivity contribution is 7.98. The Bertz CT molecular complexity index is 882. The second-order valence-corrected chi connectivity index (χ2v) is 7.73. The molecule has 2 heterocycles. The van der Waals surface area contributed by atoms with Crippen molar-refractivity contribution in [3.05, 3.63) is 54.4 Å². The molecule has 0 radical (unpaired) electrons. The fourth-order valence-electron chi connectivity index (χ4n) is 3.48. The predicted molar refractivity (Wildman–Crippen MR) is 109 cm³/mol. The number of oxazole rings is 1. The van der Waals surface area contributed by atoms with E-state index in [1.807, 2.05) is 54.8 Å². The minimum absolute atomic E-state index is 0.0345. The van der Waals surface area contributed by atoms with Gasteiger partial charge < -0.3 is 9.73 Å². The Hall–Kier alpha value is -2.31. The fraction of sp³-hybridized carbons (Fsp3) is 0.333. The number of nitrogens with zero attached hydrogens (tertiary/aromatic N) is 2. The van der Waals surface area contributed by atoms with Crippen molar-refractivity contribution in [3.63, 3.8) is 0 Å². The number of benzene rings is 2. The molecule has 0 saturated carbocycles. The number of piperidine rings is 1. The van der Waals surface area contributed by atoms with Crippen molar-refractivity contribution in [2.24, 2.45) is 0 Å². The molecule has 1 aliphatic heterocycles. The monoisotopic (exact) mass is 381 g/mol. The molecule has 0 atom stereocenters. The van der Waals surface area contributed by atoms with Gasteiger partial charge in [0.05, 0.1) is 6.54 Å². The Kier molecular flexibility index (Phi) is 5.45. The van der Waals surface area contributed by atoms with Gasteiger partial charge in [0.2, 0.25) is 5.91 Å². The molecule has 1 amide bonds. The second-order valence-electron chi connectivity index (χ2n) is 6.85. The number of carbonyl (C=O) groups is 1. The molecule has 5 nitrogen and oxygen atoms in total. The third-order valence-electron chi connectivity index (χ3n) is 4.99. The molecule has 0 bridgehead atoms. The van der Waals surface area contributed by atoms with Crippen LogP contribution in [0.3, 0.4) is 0 Å². The molecular formula is C21H23N3O2S. The van der Waals surface area contributed by atoms with Gasteiger partial charge in [0, 0.05) is 16.5 Å². The van der Waals surface area contributed by atoms with Gasteiger partial charge in [-0.05, 0) is 68.6 Å². The van der Waals surface area contributed by atoms with E-state index in [0.29, 0.717) is 12.5 Å². The number of hydrogen-bond donors (Lipinski definition) is 1. The zero-order valence-electron chi connectivity index (χ0n) is 15.4. The largest absolute Gasteiger partial charge is 0.440 e. The molecule has 1 aromatic heterocycles. The molecule has 0 aliphatic carbocycles. The second kappa shape index (κ2) is 8.15. The number of hydrogen-bond acceptors (Lipinski definition) is 5. The summed E-state index contributed by atoms with van der Waals surface area (Å²) in [5.74, 6) is 1.19. The lowest BCUT2D eigenvalue weighted by Crippen LogP contribution is -2.38. The van der Waals surface area contributed by atoms with Crippen LogP contribution in [0.2, 0.25) is 0 Å². The number of anilines is 1. The molecule has 140 valence electrons. The summed E-state index contributed by atoms with van der Waals surface area (Å²) in [6.45, 7) is 2.18. The highest BCUT2D eigenvalue weighted by Crippen LogP contribution is 2.29. The molecule has 2 aromatic carbocycles. The van der Waals surface area contributed by atoms with Crippen molar-refractivity contribution >= 4 is 34.5 Å². The summed E-state index contributed by atoms with van der Waals surface area (Å²) in [4.78, 5) is 20.3. The number of para-hydroxylation sites is 2. The molecule has 1 fully saturated rings. The summed E-state index contributed by atoms with van der Waals surface area (Å²) in [5.41, 5.74) is 2.61. The minimum atomic E-state index is 0.0345. The maximum absolute atomic E-state index is 12.3. The van der Waals surface area contributed by atoms with Gasteiger partial charge in [0.25, 0.3) is 0 Å². The van der Waals surface area contributed by atoms with E-state index in [-0.39, 0.29) is 5.91 Å². The van der Waals surface area contributed by atoms with Crippen molar-refractivity contribution in [1.82, 2.24) is 9.88 Å². The highest BCUT2D eigenvalue weighted by Gasteiger charge is 2.25. The van der Waals surface area contributed by atoms with Crippen LogP contribution in [0.15, 0.2) is 57.8 Å². The van der Waals surface area contributed by atoms with Crippen LogP contribution in [0, 0.1) is 0 Å². The summed E-state index contributed by atoms with van der Waals surface area (Å²) >= 11 is 1.69. The van der Waals surface area contributed by atoms with Crippen LogP contribution in [-0.4, -0.2) is 41.7 Å². The van der Waals surface area contributed by atoms with Crippen LogP contribution in [0.25, 0.3) is 11.1 Å². The quantitative estimate of drug-likeness (QED) is 0.665. The topological polar surface area (TPSA) is 58.4 Å². The van der Waals surface area contributed by atoms with E-state index >= 15 is 0 Å². The number of nitrogens with one attached hydrogen (secondary N) is 1. The lowest BCUT2D eigenvalue weighted by atomic mass is 9.97. The number of rotatable bonds is 5. The number of carbonyl (C=O) groups excluding carboxylic acids is 1. The molecule has 1 N–H and O–H groups in total. The minimum Gasteiger partial charge on any atom is -0.440 e. The molecular weight excluding hydrogens is 358 g/mol. The summed E-state index contributed by atoms with van der Waals surface area (Å²) in [7, 11) is 0. The Morgan fingerprint density at radius 3 is 2.63 bits per heavy atom. The fourth-order valence-corrected chi connectivity index (χ4v) is 3.89. The number of aromatic nitrogens is 1. The third-order valence-corrected chi connectivity index (χ3v) is 5.73. The van der Waals surface area contributed by atoms with Gasteiger partial charge >= 0.3 is 0 Å². The molecule has 1 saturated heterocycles. The van der Waals surface area contributed by atoms with E-state index in [9.17, 15) is 4.79 Å². The molecule has 1 aliphatic rings. The Morgan fingerprint density at radius 1 is 1.19 bits per heavy atom. The van der Waals surface area contributed by atoms with Gasteiger partial charge in [-0.15, -0.1) is 11.8 Å². The zero-order chi connectivity index (χ0) is 18.6. The molecule has 0 unspecified atom stereocenters. The first-order valence-electron chi connectivity index (χ1n) is 9.23. The normalized spacial score (nSPS) is 15.9. The summed E-state index contributed by atoms with van der Waals surface area (Å²) < 4.78 is 5.91. The van der Waals surface area contributed by atoms with E-state index in [4.69, 9.17) is 4.42 Å². The van der Waals surface area contributed by atoms with Crippen LogP contribution < -0.4 is 5.32 Å². The van der Waals surface area contributed by atoms with E-state index < -0.39 is 0 Å². The molecule has 3 aromatic rings. The van der Waals surface area contributed by atoms with Crippen molar-refractivity contribution in [2.75, 3.05) is 31.2 Å². The first-order valence-corrected chi connectivity index (χ1v) is 10.5. The summed E-state index contributed by atoms with van der Waals surface area (Å²) in [5, 5.41) is 2.98. The number of fused-ring (bicyclic) bond motifs is 1. The first-order chi connectivity index (χ1) is 13.2. The smallest absolute Gasteiger partial charge is 0.238 e. The van der Waals surface area contributed by atoms with Crippen LogP contribution in [0.1, 0.15) is 24.7 Å². The van der Waals surface area contributed by atoms with E-state index in [1.165, 1.54) is 4.90 Å². The maximum atomic E-state index is 12.3. The molecule has 4 rings (SSSR count). The SMILES string of the molecule is CSc1ccc(NC(=O)CN2CCC(c3nc4ccccc4o3)CC2)cc1. The van der Waals surface area contributed by atoms with Crippen molar-refractivity contribution < 1.29 is 9.21 Å². The average Bonchev–Trinajstić information content (AvgIpc) is 3.13. The highest BCUT2D eigenvalue weighted by atomic mass is 32.2. The van der Waals surface area contributed by atoms with Gasteiger partial charge in [-0.1, -0.05) is 12.1 Å². The Labute approximate surface area is 163 Å². The van der Waals surface area contributed by atoms with Gasteiger partial charge in [0.15, 0.2) is 11.5 Å². The number of amides is 1. The van der Waals surface area contributed by atoms with Gasteiger partial charge in [-0.2, -0.15) is 0 Å². The van der Waals surface area contributed by atoms with Crippen LogP contribution in [-0.2, 0) is 4.79 Å². The van der Waals surface area contributed by atoms with E-state index in [1.54, 1.807) is 11.8 Å². The van der Waals surface area contributed by atoms with Gasteiger partial charge in [-0.25, -0.2) is 4.98 Å². The molecule has 27 heavy (non-hydrogen) atoms. The zero-order valence-corrected chi connectivity index (χ0v) is 16.2. The Morgan fingerprint density at radius 2 is 1.93 bits per heavy atom. The summed E-state index contributed by atoms with van der Waals surface area (Å²) in [6.07, 6.45) is 3.96. The van der Waals surface area contributed by atoms with Crippen LogP contribution in [0.4, 0.5) is 5.69 Å². The average molecular weight is 382 g/mol. The number of likely N-dealkylation sites (tertiary alicyclic amines) is 1. The van der Waals surface area contributed by atoms with E-state index in [0.717, 1.165) is 48.6 Å². The lowest BCUT2D eigenvalue weighted by molar-refractivity contribution is -0.117. The summed E-state index contributed by atoms with van der Waals surface area (Å²) in [6, 6.07) is 15.8. The van der Waals surface area contributed by atoms with E-state index in [2.05, 4.69) is 15.2 Å². The standard InChI is InChI=1S/C21H23N3O2S/c1-27-17-8-6-16(7-9-17)22-20(25)14-24-12-10-15(11-13-24)21-23-18-4-2-3-5-19(18)26-21/h2-9,15H,10-14H2,1H3,(H,22,25). The van der Waals surface area contributed by atoms with Gasteiger partial charge in [0.1, 0.15) is 5.52 Å². The lowest BCUT2D eigenvalue weighted by Gasteiger charge is -2.29. The van der Waals surface area contributed by atoms with Crippen LogP contribution in [0.5, 0.6) is 0 Å².